The van der Waals surface area contributed by atoms with Gasteiger partial charge in [-0.3, -0.25) is 14.4 Å². The topological polar surface area (TPSA) is 81.7 Å². The molecule has 4 aliphatic carbocycles. The third kappa shape index (κ3) is 3.75. The summed E-state index contributed by atoms with van der Waals surface area (Å²) in [5, 5.41) is 3.22. The Bertz CT molecular complexity index is 782. The molecule has 4 aliphatic rings. The quantitative estimate of drug-likeness (QED) is 0.654. The first kappa shape index (κ1) is 23.6. The third-order valence-corrected chi connectivity index (χ3v) is 9.94. The molecule has 32 heavy (non-hydrogen) atoms. The zero-order chi connectivity index (χ0) is 23.4. The van der Waals surface area contributed by atoms with E-state index >= 15 is 0 Å². The number of ether oxygens (including phenoxy) is 2. The van der Waals surface area contributed by atoms with Crippen molar-refractivity contribution in [2.45, 2.75) is 105 Å². The third-order valence-electron chi connectivity index (χ3n) is 9.94. The zero-order valence-electron chi connectivity index (χ0n) is 20.6. The predicted octanol–water partition coefficient (Wildman–Crippen LogP) is 4.25. The summed E-state index contributed by atoms with van der Waals surface area (Å²) in [6.45, 7) is 11.5. The summed E-state index contributed by atoms with van der Waals surface area (Å²) in [6, 6.07) is 0.146. The lowest BCUT2D eigenvalue weighted by molar-refractivity contribution is -0.237. The number of hydrogen-bond donors (Lipinski definition) is 1. The zero-order valence-corrected chi connectivity index (χ0v) is 20.6. The maximum atomic E-state index is 12.3. The molecule has 10 atom stereocenters. The van der Waals surface area contributed by atoms with Crippen molar-refractivity contribution < 1.29 is 23.9 Å². The molecule has 6 heteroatoms. The van der Waals surface area contributed by atoms with Crippen LogP contribution < -0.4 is 5.32 Å². The minimum absolute atomic E-state index is 0.0188. The van der Waals surface area contributed by atoms with Gasteiger partial charge in [0.2, 0.25) is 5.91 Å². The highest BCUT2D eigenvalue weighted by atomic mass is 16.6. The van der Waals surface area contributed by atoms with Crippen molar-refractivity contribution in [2.75, 3.05) is 0 Å². The Morgan fingerprint density at radius 2 is 1.38 bits per heavy atom. The highest BCUT2D eigenvalue weighted by Crippen LogP contribution is 2.67. The molecule has 0 aromatic rings. The van der Waals surface area contributed by atoms with Crippen LogP contribution in [0.2, 0.25) is 0 Å². The van der Waals surface area contributed by atoms with Gasteiger partial charge in [0.15, 0.2) is 0 Å². The van der Waals surface area contributed by atoms with Crippen LogP contribution >= 0.6 is 0 Å². The Labute approximate surface area is 192 Å². The van der Waals surface area contributed by atoms with Gasteiger partial charge in [-0.05, 0) is 67.1 Å². The van der Waals surface area contributed by atoms with E-state index in [-0.39, 0.29) is 46.6 Å². The number of esters is 2. The van der Waals surface area contributed by atoms with Crippen LogP contribution in [0.5, 0.6) is 0 Å². The van der Waals surface area contributed by atoms with Crippen molar-refractivity contribution in [1.82, 2.24) is 5.32 Å². The fourth-order valence-corrected chi connectivity index (χ4v) is 8.56. The maximum absolute atomic E-state index is 12.3. The SMILES string of the molecule is CC(=O)NC1CC[C@H]2[C@@H]3C(OC(C)=O)[C@H](OC(C)=O)[C@H]4C[C@@H](C)CC[C@]4(C)[C@H]3CC[C@]12C. The highest BCUT2D eigenvalue weighted by Gasteiger charge is 2.66. The van der Waals surface area contributed by atoms with Crippen LogP contribution in [0.3, 0.4) is 0 Å². The van der Waals surface area contributed by atoms with E-state index in [1.165, 1.54) is 20.3 Å². The molecule has 0 heterocycles. The molecule has 4 saturated carbocycles. The lowest BCUT2D eigenvalue weighted by Crippen LogP contribution is -2.66. The normalized spacial score (nSPS) is 47.4. The molecule has 0 aromatic heterocycles. The van der Waals surface area contributed by atoms with Crippen molar-refractivity contribution in [1.29, 1.82) is 0 Å². The summed E-state index contributed by atoms with van der Waals surface area (Å²) in [6.07, 6.45) is 6.62. The Kier molecular flexibility index (Phi) is 6.13. The lowest BCUT2D eigenvalue weighted by Gasteiger charge is -2.64. The first-order valence-corrected chi connectivity index (χ1v) is 12.6. The summed E-state index contributed by atoms with van der Waals surface area (Å²) < 4.78 is 12.1. The molecular formula is C26H41NO5. The molecule has 0 radical (unpaired) electrons. The van der Waals surface area contributed by atoms with Crippen LogP contribution in [-0.4, -0.2) is 36.1 Å². The number of fused-ring (bicyclic) bond motifs is 5. The summed E-state index contributed by atoms with van der Waals surface area (Å²) in [7, 11) is 0. The second-order valence-electron chi connectivity index (χ2n) is 11.8. The lowest BCUT2D eigenvalue weighted by atomic mass is 9.43. The molecule has 4 fully saturated rings. The number of carbonyl (C=O) groups is 3. The fourth-order valence-electron chi connectivity index (χ4n) is 8.56. The predicted molar refractivity (Wildman–Crippen MR) is 120 cm³/mol. The number of nitrogens with one attached hydrogen (secondary N) is 1. The first-order chi connectivity index (χ1) is 15.0. The van der Waals surface area contributed by atoms with Gasteiger partial charge < -0.3 is 14.8 Å². The van der Waals surface area contributed by atoms with Gasteiger partial charge in [-0.15, -0.1) is 0 Å². The van der Waals surface area contributed by atoms with E-state index in [1.807, 2.05) is 0 Å². The van der Waals surface area contributed by atoms with Crippen molar-refractivity contribution in [3.63, 3.8) is 0 Å². The first-order valence-electron chi connectivity index (χ1n) is 12.6. The van der Waals surface area contributed by atoms with Crippen molar-refractivity contribution >= 4 is 17.8 Å². The monoisotopic (exact) mass is 447 g/mol. The van der Waals surface area contributed by atoms with Crippen molar-refractivity contribution in [2.24, 2.45) is 40.4 Å². The molecule has 0 aliphatic heterocycles. The van der Waals surface area contributed by atoms with Gasteiger partial charge in [0, 0.05) is 38.6 Å². The molecule has 1 N–H and O–H groups in total. The second kappa shape index (κ2) is 8.32. The van der Waals surface area contributed by atoms with E-state index in [9.17, 15) is 14.4 Å². The van der Waals surface area contributed by atoms with Gasteiger partial charge in [0.25, 0.3) is 0 Å². The number of amides is 1. The Hall–Kier alpha value is -1.59. The summed E-state index contributed by atoms with van der Waals surface area (Å²) >= 11 is 0. The van der Waals surface area contributed by atoms with Crippen molar-refractivity contribution in [3.05, 3.63) is 0 Å². The fraction of sp³-hybridized carbons (Fsp3) is 0.885. The molecule has 1 amide bonds. The minimum atomic E-state index is -0.412. The second-order valence-corrected chi connectivity index (χ2v) is 11.8. The Morgan fingerprint density at radius 1 is 0.781 bits per heavy atom. The molecule has 0 aromatic carbocycles. The highest BCUT2D eigenvalue weighted by molar-refractivity contribution is 5.73. The number of rotatable bonds is 3. The van der Waals surface area contributed by atoms with Crippen LogP contribution in [0.15, 0.2) is 0 Å². The van der Waals surface area contributed by atoms with Gasteiger partial charge in [-0.25, -0.2) is 0 Å². The maximum Gasteiger partial charge on any atom is 0.303 e. The van der Waals surface area contributed by atoms with E-state index in [1.54, 1.807) is 6.92 Å². The average molecular weight is 448 g/mol. The van der Waals surface area contributed by atoms with Crippen LogP contribution in [0.25, 0.3) is 0 Å². The molecule has 0 saturated heterocycles. The number of hydrogen-bond acceptors (Lipinski definition) is 5. The average Bonchev–Trinajstić information content (AvgIpc) is 3.01. The molecule has 4 rings (SSSR count). The summed E-state index contributed by atoms with van der Waals surface area (Å²) in [5.74, 6) is 1.11. The summed E-state index contributed by atoms with van der Waals surface area (Å²) in [4.78, 5) is 36.4. The van der Waals surface area contributed by atoms with Gasteiger partial charge >= 0.3 is 11.9 Å². The van der Waals surface area contributed by atoms with Crippen LogP contribution in [0.1, 0.15) is 86.5 Å². The van der Waals surface area contributed by atoms with E-state index in [2.05, 4.69) is 26.1 Å². The standard InChI is InChI=1S/C26H41NO5/c1-14-9-11-25(5)19-10-12-26(6)18(7-8-21(26)27-15(2)28)22(19)24(32-17(4)30)23(20(25)13-14)31-16(3)29/h14,18-24H,7-13H2,1-6H3,(H,27,28)/t14-,18-,19-,20+,21?,22-,23+,24?,25+,26-/m0/s1. The van der Waals surface area contributed by atoms with Gasteiger partial charge in [0.1, 0.15) is 12.2 Å². The van der Waals surface area contributed by atoms with Gasteiger partial charge in [-0.2, -0.15) is 0 Å². The van der Waals surface area contributed by atoms with Crippen molar-refractivity contribution in [3.8, 4) is 0 Å². The van der Waals surface area contributed by atoms with Crippen LogP contribution in [0, 0.1) is 40.4 Å². The van der Waals surface area contributed by atoms with Gasteiger partial charge in [0.05, 0.1) is 0 Å². The molecular weight excluding hydrogens is 406 g/mol. The van der Waals surface area contributed by atoms with Crippen LogP contribution in [0.4, 0.5) is 0 Å². The Balaban J connectivity index is 1.78. The van der Waals surface area contributed by atoms with E-state index < -0.39 is 12.2 Å². The molecule has 2 unspecified atom stereocenters. The molecule has 0 spiro atoms. The Morgan fingerprint density at radius 3 is 2.00 bits per heavy atom. The smallest absolute Gasteiger partial charge is 0.303 e. The largest absolute Gasteiger partial charge is 0.458 e. The van der Waals surface area contributed by atoms with Crippen LogP contribution in [-0.2, 0) is 23.9 Å². The van der Waals surface area contributed by atoms with E-state index in [0.717, 1.165) is 38.5 Å². The minimum Gasteiger partial charge on any atom is -0.458 e. The molecule has 6 nitrogen and oxygen atoms in total. The van der Waals surface area contributed by atoms with E-state index in [4.69, 9.17) is 9.47 Å². The summed E-state index contributed by atoms with van der Waals surface area (Å²) in [5.41, 5.74) is 0.0402. The van der Waals surface area contributed by atoms with Gasteiger partial charge in [-0.1, -0.05) is 27.2 Å². The molecule has 180 valence electrons. The van der Waals surface area contributed by atoms with E-state index in [0.29, 0.717) is 17.8 Å². The number of carbonyl (C=O) groups excluding carboxylic acids is 3. The molecule has 0 bridgehead atoms.